The average Bonchev–Trinajstić information content (AvgIpc) is 1.69. The molecule has 6 heteroatoms. The first-order valence-corrected chi connectivity index (χ1v) is 17.6. The summed E-state index contributed by atoms with van der Waals surface area (Å²) in [6.45, 7) is 0. The van der Waals surface area contributed by atoms with Gasteiger partial charge in [0.05, 0.1) is 46.6 Å². The van der Waals surface area contributed by atoms with E-state index in [1.807, 2.05) is 0 Å². The molecule has 286 valence electrons. The van der Waals surface area contributed by atoms with Crippen LogP contribution in [0.25, 0.3) is 99.9 Å². The number of furan rings is 2. The van der Waals surface area contributed by atoms with E-state index in [0.29, 0.717) is 4.90 Å². The van der Waals surface area contributed by atoms with Gasteiger partial charge in [-0.3, -0.25) is 0 Å². The number of fused-ring (bicyclic) bond motifs is 7. The topological polar surface area (TPSA) is 68.2 Å². The van der Waals surface area contributed by atoms with Gasteiger partial charge in [0.15, 0.2) is 17.5 Å². The zero-order chi connectivity index (χ0) is 69.9. The van der Waals surface area contributed by atoms with E-state index in [0.717, 1.165) is 0 Å². The van der Waals surface area contributed by atoms with Gasteiger partial charge in [0, 0.05) is 61.3 Å². The van der Waals surface area contributed by atoms with Gasteiger partial charge in [0.1, 0.15) is 22.3 Å². The van der Waals surface area contributed by atoms with Gasteiger partial charge in [-0.25, -0.2) is 15.0 Å². The smallest absolute Gasteiger partial charge is 0.164 e. The third-order valence-electron chi connectivity index (χ3n) is 9.08. The summed E-state index contributed by atoms with van der Waals surface area (Å²) < 4.78 is 317. The fraction of sp³-hybridized carbons (Fsp3) is 0. The minimum Gasteiger partial charge on any atom is -0.456 e. The fourth-order valence-electron chi connectivity index (χ4n) is 6.46. The fourth-order valence-corrected chi connectivity index (χ4v) is 6.46. The Balaban J connectivity index is 1.24. The minimum absolute atomic E-state index is 0.351. The third kappa shape index (κ3) is 6.00. The second-order valence-electron chi connectivity index (χ2n) is 12.6. The quantitative estimate of drug-likeness (QED) is 0.160. The lowest BCUT2D eigenvalue weighted by Gasteiger charge is -2.25. The zero-order valence-electron chi connectivity index (χ0n) is 64.1. The molecule has 0 saturated heterocycles. The van der Waals surface area contributed by atoms with Crippen LogP contribution >= 0.6 is 0 Å². The second kappa shape index (κ2) is 14.2. The van der Waals surface area contributed by atoms with Crippen LogP contribution in [-0.2, 0) is 0 Å². The van der Waals surface area contributed by atoms with E-state index in [1.165, 1.54) is 0 Å². The number of rotatable bonds is 7. The predicted molar refractivity (Wildman–Crippen MR) is 248 cm³/mol. The molecule has 6 nitrogen and oxygen atoms in total. The van der Waals surface area contributed by atoms with Crippen LogP contribution in [0, 0.1) is 0 Å². The Morgan fingerprint density at radius 1 is 0.344 bits per heavy atom. The van der Waals surface area contributed by atoms with Crippen molar-refractivity contribution in [3.05, 3.63) is 205 Å². The molecule has 0 aliphatic carbocycles. The molecular weight excluding hydrogens is 749 g/mol. The Morgan fingerprint density at radius 3 is 1.61 bits per heavy atom. The Morgan fingerprint density at radius 2 is 0.869 bits per heavy atom. The molecule has 0 N–H and O–H groups in total. The van der Waals surface area contributed by atoms with Crippen molar-refractivity contribution >= 4 is 71.7 Å². The number of hydrogen-bond donors (Lipinski definition) is 0. The van der Waals surface area contributed by atoms with Crippen LogP contribution in [0.15, 0.2) is 214 Å². The molecule has 0 fully saturated rings. The Bertz CT molecular complexity index is 5550. The van der Waals surface area contributed by atoms with Crippen LogP contribution in [-0.4, -0.2) is 15.0 Å². The number of anilines is 3. The van der Waals surface area contributed by atoms with Gasteiger partial charge in [0.2, 0.25) is 0 Å². The van der Waals surface area contributed by atoms with E-state index < -0.39 is 322 Å². The number of aromatic nitrogens is 3. The highest BCUT2D eigenvalue weighted by Gasteiger charge is 2.22. The van der Waals surface area contributed by atoms with Gasteiger partial charge in [0.25, 0.3) is 0 Å². The third-order valence-corrected chi connectivity index (χ3v) is 9.08. The first kappa shape index (κ1) is 14.7. The molecule has 0 radical (unpaired) electrons. The lowest BCUT2D eigenvalue weighted by Crippen LogP contribution is -2.09. The molecule has 0 amide bonds. The van der Waals surface area contributed by atoms with Gasteiger partial charge in [-0.05, 0) is 82.3 Å². The monoisotopic (exact) mass is 816 g/mol. The summed E-state index contributed by atoms with van der Waals surface area (Å²) in [6.07, 6.45) is 0. The molecule has 12 rings (SSSR count). The number of para-hydroxylation sites is 2. The standard InChI is InChI=1S/C55H34N4O2/c1-3-13-35(14-4-1)37-27-29-41(30-28-37)59(40-17-5-2-6-18-40)42-31-32-44-50(34-42)61-49-24-12-21-46(52(44)49)55-57-53(39-26-25-36-15-7-8-16-38(36)33-39)56-54(58-55)45-20-11-23-48-51(45)43-19-9-10-22-47(43)60-48/h1-34H/i1D,2D,3D,4D,5D,6D,7D,8D,9D,10D,11D,12D,13D,14D,15D,16D,17D,18D,19D,20D,21D,22D,23D,24D,25D,26D,27D,28D,29D,30D,31D,32D,33D,34D. The summed E-state index contributed by atoms with van der Waals surface area (Å²) >= 11 is 0. The van der Waals surface area contributed by atoms with Gasteiger partial charge in [-0.15, -0.1) is 0 Å². The van der Waals surface area contributed by atoms with Crippen LogP contribution in [0.3, 0.4) is 0 Å². The van der Waals surface area contributed by atoms with Crippen molar-refractivity contribution in [2.75, 3.05) is 4.90 Å². The van der Waals surface area contributed by atoms with Crippen molar-refractivity contribution < 1.29 is 55.4 Å². The predicted octanol–water partition coefficient (Wildman–Crippen LogP) is 15.0. The lowest BCUT2D eigenvalue weighted by atomic mass is 10.0. The van der Waals surface area contributed by atoms with Crippen LogP contribution in [0.4, 0.5) is 17.1 Å². The Hall–Kier alpha value is -8.35. The average molecular weight is 817 g/mol. The molecule has 3 heterocycles. The van der Waals surface area contributed by atoms with E-state index in [9.17, 15) is 16.4 Å². The SMILES string of the molecule is [2H]c1c([2H])c([2H])c(-c2c([2H])c([2H])c(N(c3c([2H])c([2H])c([2H])c([2H])c3[2H])c3c([2H])c([2H])c4c(oc5c([2H])c([2H])c([2H])c(-c6nc(-c7c([2H])c([2H])c8c([2H])c([2H])c([2H])c([2H])c8c7[2H])nc(-c7c([2H])c([2H])c([2H])c8oc9c([2H])c([2H])c([2H])c([2H])c9c78)n6)c54)c3[2H])c([2H])c2[2H])c([2H])c1[2H]. The van der Waals surface area contributed by atoms with Crippen molar-refractivity contribution in [1.29, 1.82) is 0 Å². The molecule has 61 heavy (non-hydrogen) atoms. The highest BCUT2D eigenvalue weighted by Crippen LogP contribution is 2.42. The van der Waals surface area contributed by atoms with E-state index in [4.69, 9.17) is 39.0 Å². The first-order chi connectivity index (χ1) is 44.4. The molecule has 0 atom stereocenters. The maximum Gasteiger partial charge on any atom is 0.164 e. The minimum atomic E-state index is -1.25. The molecule has 9 aromatic carbocycles. The van der Waals surface area contributed by atoms with Crippen LogP contribution in [0.2, 0.25) is 0 Å². The normalized spacial score (nSPS) is 19.4. The molecule has 12 aromatic rings. The Labute approximate surface area is 398 Å². The zero-order valence-corrected chi connectivity index (χ0v) is 30.1. The molecule has 0 saturated carbocycles. The molecule has 0 spiro atoms. The molecule has 0 unspecified atom stereocenters. The van der Waals surface area contributed by atoms with E-state index in [1.54, 1.807) is 0 Å². The van der Waals surface area contributed by atoms with Crippen LogP contribution < -0.4 is 4.90 Å². The molecular formula is C55H34N4O2. The molecule has 0 aliphatic heterocycles. The van der Waals surface area contributed by atoms with Gasteiger partial charge < -0.3 is 13.7 Å². The van der Waals surface area contributed by atoms with Gasteiger partial charge >= 0.3 is 0 Å². The van der Waals surface area contributed by atoms with Crippen LogP contribution in [0.5, 0.6) is 0 Å². The maximum atomic E-state index is 9.92. The van der Waals surface area contributed by atoms with Crippen molar-refractivity contribution in [2.24, 2.45) is 0 Å². The molecule has 0 bridgehead atoms. The maximum absolute atomic E-state index is 9.92. The summed E-state index contributed by atoms with van der Waals surface area (Å²) in [7, 11) is 0. The van der Waals surface area contributed by atoms with Crippen molar-refractivity contribution in [3.63, 3.8) is 0 Å². The summed E-state index contributed by atoms with van der Waals surface area (Å²) in [5.41, 5.74) is -10.4. The van der Waals surface area contributed by atoms with E-state index >= 15 is 0 Å². The van der Waals surface area contributed by atoms with Gasteiger partial charge in [-0.1, -0.05) is 139 Å². The summed E-state index contributed by atoms with van der Waals surface area (Å²) in [5, 5.41) is -3.76. The van der Waals surface area contributed by atoms with Crippen molar-refractivity contribution in [1.82, 2.24) is 15.0 Å². The Kier molecular flexibility index (Phi) is 3.43. The molecule has 3 aromatic heterocycles. The summed E-state index contributed by atoms with van der Waals surface area (Å²) in [5.74, 6) is -2.78. The van der Waals surface area contributed by atoms with Gasteiger partial charge in [-0.2, -0.15) is 0 Å². The first-order valence-electron chi connectivity index (χ1n) is 34.6. The summed E-state index contributed by atoms with van der Waals surface area (Å²) in [4.78, 5) is 13.9. The molecule has 0 aliphatic rings. The van der Waals surface area contributed by atoms with Crippen molar-refractivity contribution in [2.45, 2.75) is 0 Å². The number of hydrogen-bond acceptors (Lipinski definition) is 6. The number of nitrogens with zero attached hydrogens (tertiary/aromatic N) is 4. The van der Waals surface area contributed by atoms with E-state index in [-0.39, 0.29) is 0 Å². The van der Waals surface area contributed by atoms with E-state index in [2.05, 4.69) is 15.0 Å². The largest absolute Gasteiger partial charge is 0.456 e. The highest BCUT2D eigenvalue weighted by molar-refractivity contribution is 6.14. The lowest BCUT2D eigenvalue weighted by molar-refractivity contribution is 0.668. The highest BCUT2D eigenvalue weighted by atomic mass is 16.3. The number of benzene rings is 9. The summed E-state index contributed by atoms with van der Waals surface area (Å²) in [6, 6.07) is -34.2. The van der Waals surface area contributed by atoms with Crippen LogP contribution in [0.1, 0.15) is 46.6 Å². The van der Waals surface area contributed by atoms with Crippen molar-refractivity contribution in [3.8, 4) is 45.3 Å². The second-order valence-corrected chi connectivity index (χ2v) is 12.6.